The van der Waals surface area contributed by atoms with Crippen molar-refractivity contribution in [3.63, 3.8) is 0 Å². The van der Waals surface area contributed by atoms with Crippen LogP contribution < -0.4 is 5.32 Å². The van der Waals surface area contributed by atoms with Crippen LogP contribution in [0.2, 0.25) is 0 Å². The standard InChI is InChI=1S/C15H18N4O4/c1-10-3-2-6-19(15(21)12-5-8-23-18-12)13(10)9-16-14(20)11-4-7-22-17-11/h4-5,7-8,10,13H,2-3,6,9H2,1H3,(H,16,20). The lowest BCUT2D eigenvalue weighted by molar-refractivity contribution is 0.0497. The zero-order valence-electron chi connectivity index (χ0n) is 12.8. The van der Waals surface area contributed by atoms with E-state index in [-0.39, 0.29) is 35.2 Å². The summed E-state index contributed by atoms with van der Waals surface area (Å²) in [6, 6.07) is 2.95. The van der Waals surface area contributed by atoms with Gasteiger partial charge in [0, 0.05) is 25.2 Å². The summed E-state index contributed by atoms with van der Waals surface area (Å²) in [4.78, 5) is 26.3. The van der Waals surface area contributed by atoms with E-state index in [1.807, 2.05) is 0 Å². The molecule has 0 saturated carbocycles. The molecule has 1 saturated heterocycles. The van der Waals surface area contributed by atoms with E-state index in [1.165, 1.54) is 18.6 Å². The molecule has 3 heterocycles. The maximum Gasteiger partial charge on any atom is 0.276 e. The maximum absolute atomic E-state index is 12.6. The molecule has 3 rings (SSSR count). The van der Waals surface area contributed by atoms with Crippen LogP contribution in [-0.4, -0.2) is 46.2 Å². The third-order valence-electron chi connectivity index (χ3n) is 4.18. The van der Waals surface area contributed by atoms with Gasteiger partial charge in [0.2, 0.25) is 0 Å². The van der Waals surface area contributed by atoms with Crippen LogP contribution in [-0.2, 0) is 0 Å². The van der Waals surface area contributed by atoms with E-state index < -0.39 is 0 Å². The molecule has 122 valence electrons. The number of hydrogen-bond donors (Lipinski definition) is 1. The Bertz CT molecular complexity index is 653. The molecule has 2 amide bonds. The molecule has 1 aliphatic heterocycles. The van der Waals surface area contributed by atoms with Gasteiger partial charge in [0.05, 0.1) is 6.04 Å². The largest absolute Gasteiger partial charge is 0.364 e. The van der Waals surface area contributed by atoms with Crippen molar-refractivity contribution in [2.24, 2.45) is 5.92 Å². The van der Waals surface area contributed by atoms with E-state index in [1.54, 1.807) is 11.0 Å². The highest BCUT2D eigenvalue weighted by molar-refractivity contribution is 5.93. The van der Waals surface area contributed by atoms with Crippen LogP contribution in [0, 0.1) is 5.92 Å². The van der Waals surface area contributed by atoms with Gasteiger partial charge in [-0.1, -0.05) is 17.2 Å². The van der Waals surface area contributed by atoms with Gasteiger partial charge < -0.3 is 19.3 Å². The van der Waals surface area contributed by atoms with Gasteiger partial charge in [-0.3, -0.25) is 9.59 Å². The van der Waals surface area contributed by atoms with Gasteiger partial charge >= 0.3 is 0 Å². The van der Waals surface area contributed by atoms with Gasteiger partial charge in [-0.25, -0.2) is 0 Å². The van der Waals surface area contributed by atoms with E-state index in [0.29, 0.717) is 13.1 Å². The van der Waals surface area contributed by atoms with Crippen molar-refractivity contribution in [3.05, 3.63) is 36.0 Å². The van der Waals surface area contributed by atoms with E-state index in [9.17, 15) is 9.59 Å². The molecular weight excluding hydrogens is 300 g/mol. The summed E-state index contributed by atoms with van der Waals surface area (Å²) in [7, 11) is 0. The second kappa shape index (κ2) is 6.64. The van der Waals surface area contributed by atoms with E-state index in [2.05, 4.69) is 27.1 Å². The van der Waals surface area contributed by atoms with Crippen LogP contribution in [0.5, 0.6) is 0 Å². The molecule has 2 aromatic heterocycles. The minimum Gasteiger partial charge on any atom is -0.364 e. The van der Waals surface area contributed by atoms with Crippen molar-refractivity contribution in [1.29, 1.82) is 0 Å². The number of rotatable bonds is 4. The van der Waals surface area contributed by atoms with Crippen LogP contribution in [0.4, 0.5) is 0 Å². The molecule has 0 aromatic carbocycles. The fraction of sp³-hybridized carbons (Fsp3) is 0.467. The lowest BCUT2D eigenvalue weighted by atomic mass is 9.90. The minimum atomic E-state index is -0.314. The number of amides is 2. The first-order chi connectivity index (χ1) is 11.2. The van der Waals surface area contributed by atoms with Crippen molar-refractivity contribution < 1.29 is 18.6 Å². The van der Waals surface area contributed by atoms with Crippen LogP contribution in [0.15, 0.2) is 33.7 Å². The summed E-state index contributed by atoms with van der Waals surface area (Å²) in [5, 5.41) is 10.1. The third kappa shape index (κ3) is 3.25. The first kappa shape index (κ1) is 15.3. The maximum atomic E-state index is 12.6. The molecule has 0 aliphatic carbocycles. The predicted octanol–water partition coefficient (Wildman–Crippen LogP) is 1.33. The number of carbonyl (C=O) groups excluding carboxylic acids is 2. The number of piperidine rings is 1. The van der Waals surface area contributed by atoms with E-state index >= 15 is 0 Å². The van der Waals surface area contributed by atoms with Crippen molar-refractivity contribution in [3.8, 4) is 0 Å². The Balaban J connectivity index is 1.68. The SMILES string of the molecule is CC1CCCN(C(=O)c2ccon2)C1CNC(=O)c1ccon1. The average molecular weight is 318 g/mol. The molecule has 0 bridgehead atoms. The molecule has 1 N–H and O–H groups in total. The Labute approximate surface area is 132 Å². The summed E-state index contributed by atoms with van der Waals surface area (Å²) in [5.41, 5.74) is 0.509. The molecule has 23 heavy (non-hydrogen) atoms. The topological polar surface area (TPSA) is 101 Å². The quantitative estimate of drug-likeness (QED) is 0.912. The fourth-order valence-electron chi connectivity index (χ4n) is 2.90. The Morgan fingerprint density at radius 3 is 2.61 bits per heavy atom. The zero-order valence-corrected chi connectivity index (χ0v) is 12.8. The molecule has 8 nitrogen and oxygen atoms in total. The van der Waals surface area contributed by atoms with Crippen LogP contribution >= 0.6 is 0 Å². The Morgan fingerprint density at radius 2 is 1.96 bits per heavy atom. The first-order valence-corrected chi connectivity index (χ1v) is 7.56. The highest BCUT2D eigenvalue weighted by atomic mass is 16.5. The number of likely N-dealkylation sites (tertiary alicyclic amines) is 1. The second-order valence-corrected chi connectivity index (χ2v) is 5.66. The van der Waals surface area contributed by atoms with Gasteiger partial charge in [-0.05, 0) is 18.8 Å². The molecule has 0 spiro atoms. The highest BCUT2D eigenvalue weighted by Gasteiger charge is 2.33. The van der Waals surface area contributed by atoms with Crippen molar-refractivity contribution in [2.45, 2.75) is 25.8 Å². The number of hydrogen-bond acceptors (Lipinski definition) is 6. The molecule has 2 aromatic rings. The third-order valence-corrected chi connectivity index (χ3v) is 4.18. The monoisotopic (exact) mass is 318 g/mol. The Morgan fingerprint density at radius 1 is 1.26 bits per heavy atom. The molecular formula is C15H18N4O4. The van der Waals surface area contributed by atoms with E-state index in [0.717, 1.165) is 12.8 Å². The van der Waals surface area contributed by atoms with Gasteiger partial charge in [-0.15, -0.1) is 0 Å². The Hall–Kier alpha value is -2.64. The number of aromatic nitrogens is 2. The van der Waals surface area contributed by atoms with Crippen molar-refractivity contribution >= 4 is 11.8 Å². The predicted molar refractivity (Wildman–Crippen MR) is 78.6 cm³/mol. The summed E-state index contributed by atoms with van der Waals surface area (Å²) in [5.74, 6) is -0.214. The molecule has 8 heteroatoms. The summed E-state index contributed by atoms with van der Waals surface area (Å²) < 4.78 is 9.41. The molecule has 1 aliphatic rings. The van der Waals surface area contributed by atoms with Gasteiger partial charge in [-0.2, -0.15) is 0 Å². The van der Waals surface area contributed by atoms with Crippen molar-refractivity contribution in [2.75, 3.05) is 13.1 Å². The number of nitrogens with one attached hydrogen (secondary N) is 1. The molecule has 1 fully saturated rings. The van der Waals surface area contributed by atoms with Crippen LogP contribution in [0.3, 0.4) is 0 Å². The van der Waals surface area contributed by atoms with Gasteiger partial charge in [0.1, 0.15) is 12.5 Å². The second-order valence-electron chi connectivity index (χ2n) is 5.66. The summed E-state index contributed by atoms with van der Waals surface area (Å²) >= 11 is 0. The smallest absolute Gasteiger partial charge is 0.276 e. The van der Waals surface area contributed by atoms with E-state index in [4.69, 9.17) is 4.52 Å². The summed E-state index contributed by atoms with van der Waals surface area (Å²) in [6.07, 6.45) is 4.66. The number of nitrogens with zero attached hydrogens (tertiary/aromatic N) is 3. The normalized spacial score (nSPS) is 21.2. The minimum absolute atomic E-state index is 0.0937. The molecule has 2 unspecified atom stereocenters. The lowest BCUT2D eigenvalue weighted by Gasteiger charge is -2.39. The highest BCUT2D eigenvalue weighted by Crippen LogP contribution is 2.24. The fourth-order valence-corrected chi connectivity index (χ4v) is 2.90. The van der Waals surface area contributed by atoms with Crippen molar-refractivity contribution in [1.82, 2.24) is 20.5 Å². The van der Waals surface area contributed by atoms with Gasteiger partial charge in [0.15, 0.2) is 11.4 Å². The average Bonchev–Trinajstić information content (AvgIpc) is 3.25. The molecule has 0 radical (unpaired) electrons. The first-order valence-electron chi connectivity index (χ1n) is 7.56. The lowest BCUT2D eigenvalue weighted by Crippen LogP contribution is -2.53. The Kier molecular flexibility index (Phi) is 4.40. The zero-order chi connectivity index (χ0) is 16.2. The van der Waals surface area contributed by atoms with Gasteiger partial charge in [0.25, 0.3) is 11.8 Å². The number of carbonyl (C=O) groups is 2. The summed E-state index contributed by atoms with van der Waals surface area (Å²) in [6.45, 7) is 3.08. The molecule has 2 atom stereocenters. The van der Waals surface area contributed by atoms with Crippen LogP contribution in [0.25, 0.3) is 0 Å². The van der Waals surface area contributed by atoms with Crippen LogP contribution in [0.1, 0.15) is 40.7 Å².